The Hall–Kier alpha value is -2.72. The number of fused-ring (bicyclic) bond motifs is 1. The fraction of sp³-hybridized carbons (Fsp3) is 0.267. The molecular weight excluding hydrogens is 348 g/mol. The summed E-state index contributed by atoms with van der Waals surface area (Å²) in [4.78, 5) is 27.6. The normalized spacial score (nSPS) is 14.4. The van der Waals surface area contributed by atoms with Crippen molar-refractivity contribution >= 4 is 27.8 Å². The summed E-state index contributed by atoms with van der Waals surface area (Å²) in [5, 5.41) is 2.52. The molecule has 132 valence electrons. The Morgan fingerprint density at radius 2 is 2.00 bits per heavy atom. The molecule has 0 radical (unpaired) electrons. The molecule has 0 fully saturated rings. The number of aromatic nitrogens is 2. The van der Waals surface area contributed by atoms with Crippen LogP contribution in [-0.4, -0.2) is 55.3 Å². The second-order valence-corrected chi connectivity index (χ2v) is 7.74. The predicted molar refractivity (Wildman–Crippen MR) is 89.0 cm³/mol. The molecular formula is C15H16N4O5S. The van der Waals surface area contributed by atoms with E-state index in [-0.39, 0.29) is 28.9 Å². The minimum Gasteiger partial charge on any atom is -0.496 e. The third kappa shape index (κ3) is 2.89. The maximum absolute atomic E-state index is 12.2. The smallest absolute Gasteiger partial charge is 0.242 e. The van der Waals surface area contributed by atoms with E-state index in [1.54, 1.807) is 6.07 Å². The fourth-order valence-corrected chi connectivity index (χ4v) is 3.35. The van der Waals surface area contributed by atoms with Crippen LogP contribution in [0.15, 0.2) is 29.3 Å². The van der Waals surface area contributed by atoms with E-state index in [1.165, 1.54) is 44.1 Å². The molecule has 0 saturated carbocycles. The highest BCUT2D eigenvalue weighted by Crippen LogP contribution is 2.33. The van der Waals surface area contributed by atoms with Crippen molar-refractivity contribution in [2.45, 2.75) is 11.3 Å². The molecule has 0 spiro atoms. The van der Waals surface area contributed by atoms with Crippen molar-refractivity contribution in [2.75, 3.05) is 26.5 Å². The minimum atomic E-state index is -3.61. The van der Waals surface area contributed by atoms with Crippen molar-refractivity contribution in [3.05, 3.63) is 24.4 Å². The number of sulfonamides is 1. The molecule has 1 amide bonds. The highest BCUT2D eigenvalue weighted by Gasteiger charge is 2.26. The van der Waals surface area contributed by atoms with Gasteiger partial charge in [0.05, 0.1) is 17.7 Å². The Labute approximate surface area is 144 Å². The molecule has 0 aliphatic carbocycles. The molecule has 0 saturated heterocycles. The van der Waals surface area contributed by atoms with Crippen LogP contribution in [0.2, 0.25) is 0 Å². The molecule has 1 aromatic heterocycles. The zero-order valence-electron chi connectivity index (χ0n) is 13.8. The van der Waals surface area contributed by atoms with Crippen molar-refractivity contribution in [3.63, 3.8) is 0 Å². The van der Waals surface area contributed by atoms with E-state index in [1.807, 2.05) is 0 Å². The number of nitrogens with one attached hydrogen (secondary N) is 1. The van der Waals surface area contributed by atoms with Crippen LogP contribution >= 0.6 is 0 Å². The van der Waals surface area contributed by atoms with Crippen molar-refractivity contribution in [3.8, 4) is 17.0 Å². The number of hydrogen-bond donors (Lipinski definition) is 1. The average Bonchev–Trinajstić information content (AvgIpc) is 2.98. The van der Waals surface area contributed by atoms with Gasteiger partial charge in [-0.2, -0.15) is 0 Å². The third-order valence-electron chi connectivity index (χ3n) is 3.77. The molecule has 0 atom stereocenters. The number of hydrogen-bond acceptors (Lipinski definition) is 6. The minimum absolute atomic E-state index is 0.0754. The van der Waals surface area contributed by atoms with E-state index in [9.17, 15) is 18.0 Å². The molecule has 1 aromatic carbocycles. The van der Waals surface area contributed by atoms with Crippen LogP contribution in [0.1, 0.15) is 11.2 Å². The van der Waals surface area contributed by atoms with Gasteiger partial charge in [-0.15, -0.1) is 0 Å². The lowest BCUT2D eigenvalue weighted by atomic mass is 10.1. The van der Waals surface area contributed by atoms with E-state index < -0.39 is 15.9 Å². The predicted octanol–water partition coefficient (Wildman–Crippen LogP) is 0.791. The Kier molecular flexibility index (Phi) is 4.09. The maximum Gasteiger partial charge on any atom is 0.242 e. The highest BCUT2D eigenvalue weighted by molar-refractivity contribution is 7.89. The molecule has 25 heavy (non-hydrogen) atoms. The number of methoxy groups -OCH3 is 1. The first kappa shape index (κ1) is 17.1. The average molecular weight is 364 g/mol. The summed E-state index contributed by atoms with van der Waals surface area (Å²) >= 11 is 0. The SMILES string of the molecule is COc1cc(S(=O)(=O)N(C)C)ccc1-c1cn2c(n1)NC(=O)CC2=O. The number of nitrogens with zero attached hydrogens (tertiary/aromatic N) is 3. The first-order valence-corrected chi connectivity index (χ1v) is 8.71. The zero-order chi connectivity index (χ0) is 18.4. The maximum atomic E-state index is 12.2. The van der Waals surface area contributed by atoms with E-state index >= 15 is 0 Å². The topological polar surface area (TPSA) is 111 Å². The molecule has 3 rings (SSSR count). The van der Waals surface area contributed by atoms with Crippen molar-refractivity contribution in [1.82, 2.24) is 13.9 Å². The number of rotatable bonds is 4. The Bertz CT molecular complexity index is 978. The number of carbonyl (C=O) groups excluding carboxylic acids is 2. The first-order chi connectivity index (χ1) is 11.7. The number of anilines is 1. The zero-order valence-corrected chi connectivity index (χ0v) is 14.6. The van der Waals surface area contributed by atoms with Gasteiger partial charge in [-0.25, -0.2) is 17.7 Å². The van der Waals surface area contributed by atoms with Crippen LogP contribution in [0.25, 0.3) is 11.3 Å². The van der Waals surface area contributed by atoms with Crippen LogP contribution < -0.4 is 10.1 Å². The highest BCUT2D eigenvalue weighted by atomic mass is 32.2. The molecule has 9 nitrogen and oxygen atoms in total. The van der Waals surface area contributed by atoms with Gasteiger partial charge in [-0.05, 0) is 12.1 Å². The molecule has 1 N–H and O–H groups in total. The van der Waals surface area contributed by atoms with Crippen LogP contribution in [0.4, 0.5) is 5.95 Å². The second-order valence-electron chi connectivity index (χ2n) is 5.59. The molecule has 2 heterocycles. The fourth-order valence-electron chi connectivity index (χ4n) is 2.43. The standard InChI is InChI=1S/C15H16N4O5S/c1-18(2)25(22,23)9-4-5-10(12(6-9)24-3)11-8-19-14(21)7-13(20)17-15(19)16-11/h4-6,8H,7H2,1-3H3,(H,16,17,20). The third-order valence-corrected chi connectivity index (χ3v) is 5.58. The van der Waals surface area contributed by atoms with Gasteiger partial charge >= 0.3 is 0 Å². The molecule has 0 unspecified atom stereocenters. The Morgan fingerprint density at radius 3 is 2.64 bits per heavy atom. The van der Waals surface area contributed by atoms with Crippen LogP contribution in [-0.2, 0) is 14.8 Å². The Balaban J connectivity index is 2.09. The van der Waals surface area contributed by atoms with Gasteiger partial charge in [-0.1, -0.05) is 0 Å². The van der Waals surface area contributed by atoms with Crippen LogP contribution in [0, 0.1) is 0 Å². The number of benzene rings is 1. The van der Waals surface area contributed by atoms with E-state index in [4.69, 9.17) is 4.74 Å². The quantitative estimate of drug-likeness (QED) is 0.803. The van der Waals surface area contributed by atoms with E-state index in [2.05, 4.69) is 10.3 Å². The van der Waals surface area contributed by atoms with Gasteiger partial charge in [0.25, 0.3) is 0 Å². The van der Waals surface area contributed by atoms with E-state index in [0.717, 1.165) is 4.31 Å². The van der Waals surface area contributed by atoms with Crippen molar-refractivity contribution in [1.29, 1.82) is 0 Å². The lowest BCUT2D eigenvalue weighted by Gasteiger charge is -2.13. The summed E-state index contributed by atoms with van der Waals surface area (Å²) < 4.78 is 32.1. The molecule has 2 aromatic rings. The molecule has 0 bridgehead atoms. The van der Waals surface area contributed by atoms with Crippen molar-refractivity contribution < 1.29 is 22.7 Å². The lowest BCUT2D eigenvalue weighted by Crippen LogP contribution is -2.28. The van der Waals surface area contributed by atoms with Gasteiger partial charge in [0.1, 0.15) is 12.2 Å². The number of amides is 1. The summed E-state index contributed by atoms with van der Waals surface area (Å²) in [7, 11) is 0.676. The molecule has 1 aliphatic heterocycles. The summed E-state index contributed by atoms with van der Waals surface area (Å²) in [5.41, 5.74) is 0.889. The second kappa shape index (κ2) is 5.97. The molecule has 1 aliphatic rings. The summed E-state index contributed by atoms with van der Waals surface area (Å²) in [6, 6.07) is 4.38. The summed E-state index contributed by atoms with van der Waals surface area (Å²) in [6.07, 6.45) is 1.23. The Morgan fingerprint density at radius 1 is 1.28 bits per heavy atom. The largest absolute Gasteiger partial charge is 0.496 e. The van der Waals surface area contributed by atoms with Crippen LogP contribution in [0.5, 0.6) is 5.75 Å². The number of ether oxygens (including phenoxy) is 1. The van der Waals surface area contributed by atoms with Gasteiger partial charge in [0.15, 0.2) is 0 Å². The summed E-state index contributed by atoms with van der Waals surface area (Å²) in [5.74, 6) is -0.391. The summed E-state index contributed by atoms with van der Waals surface area (Å²) in [6.45, 7) is 0. The van der Waals surface area contributed by atoms with Gasteiger partial charge in [-0.3, -0.25) is 19.5 Å². The van der Waals surface area contributed by atoms with Gasteiger partial charge in [0.2, 0.25) is 27.8 Å². The van der Waals surface area contributed by atoms with Gasteiger partial charge in [0, 0.05) is 31.9 Å². The lowest BCUT2D eigenvalue weighted by molar-refractivity contribution is -0.115. The molecule has 10 heteroatoms. The number of carbonyl (C=O) groups is 2. The van der Waals surface area contributed by atoms with E-state index in [0.29, 0.717) is 11.3 Å². The van der Waals surface area contributed by atoms with Crippen LogP contribution in [0.3, 0.4) is 0 Å². The monoisotopic (exact) mass is 364 g/mol. The van der Waals surface area contributed by atoms with Gasteiger partial charge < -0.3 is 4.74 Å². The number of imidazole rings is 1. The van der Waals surface area contributed by atoms with Crippen molar-refractivity contribution in [2.24, 2.45) is 0 Å². The first-order valence-electron chi connectivity index (χ1n) is 7.27.